The third-order valence-corrected chi connectivity index (χ3v) is 3.18. The Hall–Kier alpha value is -3.29. The molecule has 1 N–H and O–H groups in total. The lowest BCUT2D eigenvalue weighted by atomic mass is 10.2. The molecule has 0 aliphatic rings. The molecular weight excluding hydrogens is 298 g/mol. The van der Waals surface area contributed by atoms with Crippen molar-refractivity contribution >= 4 is 11.8 Å². The molecule has 0 saturated carbocycles. The number of Topliss-reactive ketones (excluding diaryl/α,β-unsaturated/α-hetero) is 1. The quantitative estimate of drug-likeness (QED) is 0.566. The molecule has 3 rings (SSSR count). The maximum Gasteiger partial charge on any atom is 0.355 e. The van der Waals surface area contributed by atoms with Gasteiger partial charge in [-0.15, -0.1) is 5.10 Å². The number of nitrogens with one attached hydrogen (secondary N) is 1. The Bertz CT molecular complexity index is 838. The van der Waals surface area contributed by atoms with Crippen LogP contribution in [-0.4, -0.2) is 36.9 Å². The van der Waals surface area contributed by atoms with Gasteiger partial charge in [0.25, 0.3) is 0 Å². The van der Waals surface area contributed by atoms with Gasteiger partial charge in [-0.25, -0.2) is 4.79 Å². The van der Waals surface area contributed by atoms with Crippen molar-refractivity contribution < 1.29 is 14.3 Å². The zero-order chi connectivity index (χ0) is 16.2. The average Bonchev–Trinajstić information content (AvgIpc) is 3.22. The first-order valence-corrected chi connectivity index (χ1v) is 6.84. The maximum absolute atomic E-state index is 12.0. The fourth-order valence-electron chi connectivity index (χ4n) is 1.99. The fraction of sp³-hybridized carbons (Fsp3) is 0.133. The van der Waals surface area contributed by atoms with Crippen LogP contribution < -0.4 is 0 Å². The highest BCUT2D eigenvalue weighted by molar-refractivity contribution is 5.97. The van der Waals surface area contributed by atoms with Crippen LogP contribution in [0, 0.1) is 0 Å². The zero-order valence-corrected chi connectivity index (χ0v) is 12.3. The van der Waals surface area contributed by atoms with Gasteiger partial charge in [-0.1, -0.05) is 18.2 Å². The van der Waals surface area contributed by atoms with E-state index in [4.69, 9.17) is 4.74 Å². The molecule has 116 valence electrons. The number of H-pyrrole nitrogens is 1. The molecule has 2 heterocycles. The minimum atomic E-state index is -0.583. The Balaban J connectivity index is 1.70. The van der Waals surface area contributed by atoms with Gasteiger partial charge >= 0.3 is 5.97 Å². The van der Waals surface area contributed by atoms with Gasteiger partial charge in [-0.2, -0.15) is 4.68 Å². The molecule has 0 bridgehead atoms. The number of rotatable bonds is 5. The second kappa shape index (κ2) is 6.22. The first kappa shape index (κ1) is 14.6. The summed E-state index contributed by atoms with van der Waals surface area (Å²) < 4.78 is 6.67. The summed E-state index contributed by atoms with van der Waals surface area (Å²) in [7, 11) is 0. The third-order valence-electron chi connectivity index (χ3n) is 3.18. The summed E-state index contributed by atoms with van der Waals surface area (Å²) in [6.45, 7) is 1.33. The Kier molecular flexibility index (Phi) is 3.96. The van der Waals surface area contributed by atoms with Crippen molar-refractivity contribution in [1.29, 1.82) is 0 Å². The van der Waals surface area contributed by atoms with Crippen LogP contribution in [0.4, 0.5) is 0 Å². The van der Waals surface area contributed by atoms with E-state index >= 15 is 0 Å². The van der Waals surface area contributed by atoms with E-state index in [0.29, 0.717) is 11.4 Å². The minimum absolute atomic E-state index is 0.0881. The van der Waals surface area contributed by atoms with Gasteiger partial charge in [0.2, 0.25) is 0 Å². The second-order valence-electron chi connectivity index (χ2n) is 4.78. The monoisotopic (exact) mass is 311 g/mol. The molecule has 0 unspecified atom stereocenters. The molecule has 0 atom stereocenters. The van der Waals surface area contributed by atoms with Gasteiger partial charge in [-0.3, -0.25) is 4.79 Å². The van der Waals surface area contributed by atoms with Crippen molar-refractivity contribution in [3.8, 4) is 5.69 Å². The van der Waals surface area contributed by atoms with Gasteiger partial charge in [0.05, 0.1) is 5.69 Å². The van der Waals surface area contributed by atoms with Crippen molar-refractivity contribution in [3.05, 3.63) is 59.7 Å². The van der Waals surface area contributed by atoms with Crippen LogP contribution in [0.2, 0.25) is 0 Å². The SMILES string of the molecule is CC(=O)c1c[nH]c(C(=O)OCc2nnnn2-c2ccccc2)c1. The van der Waals surface area contributed by atoms with Crippen LogP contribution in [0.3, 0.4) is 0 Å². The van der Waals surface area contributed by atoms with Crippen LogP contribution in [0.5, 0.6) is 0 Å². The number of hydrogen-bond donors (Lipinski definition) is 1. The number of carbonyl (C=O) groups is 2. The molecule has 23 heavy (non-hydrogen) atoms. The van der Waals surface area contributed by atoms with E-state index in [1.807, 2.05) is 30.3 Å². The second-order valence-corrected chi connectivity index (χ2v) is 4.78. The van der Waals surface area contributed by atoms with Crippen molar-refractivity contribution in [2.75, 3.05) is 0 Å². The van der Waals surface area contributed by atoms with E-state index < -0.39 is 5.97 Å². The van der Waals surface area contributed by atoms with E-state index in [0.717, 1.165) is 5.69 Å². The molecule has 0 amide bonds. The zero-order valence-electron chi connectivity index (χ0n) is 12.3. The highest BCUT2D eigenvalue weighted by Crippen LogP contribution is 2.10. The number of aromatic amines is 1. The van der Waals surface area contributed by atoms with E-state index in [1.54, 1.807) is 0 Å². The summed E-state index contributed by atoms with van der Waals surface area (Å²) in [6.07, 6.45) is 1.47. The van der Waals surface area contributed by atoms with Crippen molar-refractivity contribution in [3.63, 3.8) is 0 Å². The molecular formula is C15H13N5O3. The van der Waals surface area contributed by atoms with Gasteiger partial charge in [-0.05, 0) is 35.5 Å². The Labute approximate surface area is 131 Å². The molecule has 0 spiro atoms. The molecule has 0 radical (unpaired) electrons. The van der Waals surface area contributed by atoms with Gasteiger partial charge < -0.3 is 9.72 Å². The number of nitrogens with zero attached hydrogens (tertiary/aromatic N) is 4. The molecule has 0 saturated heterocycles. The number of ketones is 1. The lowest BCUT2D eigenvalue weighted by Crippen LogP contribution is -2.10. The molecule has 2 aromatic heterocycles. The van der Waals surface area contributed by atoms with E-state index in [2.05, 4.69) is 20.5 Å². The molecule has 0 aliphatic carbocycles. The number of ether oxygens (including phenoxy) is 1. The molecule has 8 nitrogen and oxygen atoms in total. The first-order chi connectivity index (χ1) is 11.1. The predicted octanol–water partition coefficient (Wildman–Crippen LogP) is 1.55. The molecule has 0 fully saturated rings. The topological polar surface area (TPSA) is 103 Å². The number of aromatic nitrogens is 5. The van der Waals surface area contributed by atoms with Gasteiger partial charge in [0.15, 0.2) is 18.2 Å². The van der Waals surface area contributed by atoms with Crippen LogP contribution in [0.25, 0.3) is 5.69 Å². The number of tetrazole rings is 1. The number of esters is 1. The standard InChI is InChI=1S/C15H13N5O3/c1-10(21)11-7-13(16-8-11)15(22)23-9-14-17-18-19-20(14)12-5-3-2-4-6-12/h2-8,16H,9H2,1H3. The van der Waals surface area contributed by atoms with E-state index in [1.165, 1.54) is 23.9 Å². The molecule has 1 aromatic carbocycles. The van der Waals surface area contributed by atoms with E-state index in [-0.39, 0.29) is 18.1 Å². The van der Waals surface area contributed by atoms with E-state index in [9.17, 15) is 9.59 Å². The maximum atomic E-state index is 12.0. The summed E-state index contributed by atoms with van der Waals surface area (Å²) in [5, 5.41) is 11.3. The number of benzene rings is 1. The van der Waals surface area contributed by atoms with Crippen LogP contribution in [-0.2, 0) is 11.3 Å². The van der Waals surface area contributed by atoms with Gasteiger partial charge in [0, 0.05) is 11.8 Å². The summed E-state index contributed by atoms with van der Waals surface area (Å²) in [4.78, 5) is 25.9. The van der Waals surface area contributed by atoms with Crippen molar-refractivity contribution in [2.24, 2.45) is 0 Å². The summed E-state index contributed by atoms with van der Waals surface area (Å²) in [6, 6.07) is 10.7. The number of para-hydroxylation sites is 1. The average molecular weight is 311 g/mol. The lowest BCUT2D eigenvalue weighted by Gasteiger charge is -2.05. The highest BCUT2D eigenvalue weighted by atomic mass is 16.5. The Morgan fingerprint density at radius 1 is 1.26 bits per heavy atom. The highest BCUT2D eigenvalue weighted by Gasteiger charge is 2.15. The molecule has 3 aromatic rings. The lowest BCUT2D eigenvalue weighted by molar-refractivity contribution is 0.0453. The summed E-state index contributed by atoms with van der Waals surface area (Å²) in [5.41, 5.74) is 1.39. The minimum Gasteiger partial charge on any atom is -0.453 e. The van der Waals surface area contributed by atoms with Crippen LogP contribution >= 0.6 is 0 Å². The van der Waals surface area contributed by atoms with Crippen molar-refractivity contribution in [2.45, 2.75) is 13.5 Å². The molecule has 0 aliphatic heterocycles. The number of carbonyl (C=O) groups excluding carboxylic acids is 2. The number of hydrogen-bond acceptors (Lipinski definition) is 6. The largest absolute Gasteiger partial charge is 0.453 e. The Morgan fingerprint density at radius 3 is 2.74 bits per heavy atom. The summed E-state index contributed by atoms with van der Waals surface area (Å²) >= 11 is 0. The Morgan fingerprint density at radius 2 is 2.04 bits per heavy atom. The predicted molar refractivity (Wildman–Crippen MR) is 79.1 cm³/mol. The first-order valence-electron chi connectivity index (χ1n) is 6.84. The third kappa shape index (κ3) is 3.15. The van der Waals surface area contributed by atoms with Crippen molar-refractivity contribution in [1.82, 2.24) is 25.2 Å². The smallest absolute Gasteiger partial charge is 0.355 e. The normalized spacial score (nSPS) is 10.5. The molecule has 8 heteroatoms. The van der Waals surface area contributed by atoms with Crippen LogP contribution in [0.15, 0.2) is 42.6 Å². The fourth-order valence-corrected chi connectivity index (χ4v) is 1.99. The van der Waals surface area contributed by atoms with Crippen LogP contribution in [0.1, 0.15) is 33.6 Å². The summed E-state index contributed by atoms with van der Waals surface area (Å²) in [5.74, 6) is -0.323. The van der Waals surface area contributed by atoms with Gasteiger partial charge in [0.1, 0.15) is 5.69 Å².